The number of carbonyl (C=O) groups excluding carboxylic acids is 1. The summed E-state index contributed by atoms with van der Waals surface area (Å²) in [6.45, 7) is 0. The third-order valence-electron chi connectivity index (χ3n) is 4.02. The van der Waals surface area contributed by atoms with Crippen LogP contribution in [0.4, 0.5) is 11.4 Å². The fourth-order valence-corrected chi connectivity index (χ4v) is 4.61. The lowest BCUT2D eigenvalue weighted by atomic mass is 10.2. The van der Waals surface area contributed by atoms with E-state index < -0.39 is 0 Å². The molecule has 1 amide bonds. The van der Waals surface area contributed by atoms with Crippen LogP contribution >= 0.6 is 34.7 Å². The highest BCUT2D eigenvalue weighted by atomic mass is 35.5. The van der Waals surface area contributed by atoms with Gasteiger partial charge in [0.05, 0.1) is 27.0 Å². The Hall–Kier alpha value is -2.62. The molecule has 0 spiro atoms. The number of nitrogens with one attached hydrogen (secondary N) is 1. The van der Waals surface area contributed by atoms with E-state index in [4.69, 9.17) is 17.3 Å². The summed E-state index contributed by atoms with van der Waals surface area (Å²) in [6, 6.07) is 10.9. The summed E-state index contributed by atoms with van der Waals surface area (Å²) >= 11 is 8.83. The molecule has 0 saturated carbocycles. The molecule has 0 atom stereocenters. The monoisotopic (exact) mass is 430 g/mol. The highest BCUT2D eigenvalue weighted by molar-refractivity contribution is 7.99. The van der Waals surface area contributed by atoms with E-state index in [1.165, 1.54) is 23.1 Å². The summed E-state index contributed by atoms with van der Waals surface area (Å²) in [5.74, 6) is 0.656. The van der Waals surface area contributed by atoms with E-state index in [9.17, 15) is 4.79 Å². The summed E-state index contributed by atoms with van der Waals surface area (Å²) in [7, 11) is 1.85. The molecule has 7 nitrogen and oxygen atoms in total. The Labute approximate surface area is 173 Å². The highest BCUT2D eigenvalue weighted by Gasteiger charge is 2.19. The van der Waals surface area contributed by atoms with Gasteiger partial charge in [0, 0.05) is 18.6 Å². The number of nitrogen functional groups attached to an aromatic ring is 1. The number of carbonyl (C=O) groups is 1. The van der Waals surface area contributed by atoms with Crippen LogP contribution in [0.5, 0.6) is 0 Å². The van der Waals surface area contributed by atoms with Crippen molar-refractivity contribution in [2.75, 3.05) is 16.8 Å². The minimum Gasteiger partial charge on any atom is -0.397 e. The number of amides is 1. The summed E-state index contributed by atoms with van der Waals surface area (Å²) < 4.78 is 1.83. The normalized spacial score (nSPS) is 11.1. The lowest BCUT2D eigenvalue weighted by Crippen LogP contribution is -2.14. The Morgan fingerprint density at radius 3 is 2.89 bits per heavy atom. The molecule has 4 rings (SSSR count). The first-order valence-corrected chi connectivity index (χ1v) is 10.4. The van der Waals surface area contributed by atoms with E-state index in [2.05, 4.69) is 20.5 Å². The minimum atomic E-state index is -0.173. The van der Waals surface area contributed by atoms with E-state index in [-0.39, 0.29) is 11.7 Å². The number of nitrogens with two attached hydrogens (primary N) is 1. The van der Waals surface area contributed by atoms with E-state index in [0.717, 1.165) is 15.1 Å². The van der Waals surface area contributed by atoms with Crippen molar-refractivity contribution in [3.8, 4) is 10.7 Å². The second kappa shape index (κ2) is 7.78. The molecule has 0 unspecified atom stereocenters. The van der Waals surface area contributed by atoms with Gasteiger partial charge in [-0.3, -0.25) is 4.79 Å². The lowest BCUT2D eigenvalue weighted by molar-refractivity contribution is -0.113. The van der Waals surface area contributed by atoms with Gasteiger partial charge >= 0.3 is 0 Å². The van der Waals surface area contributed by atoms with E-state index in [0.29, 0.717) is 27.4 Å². The van der Waals surface area contributed by atoms with Crippen LogP contribution in [0.3, 0.4) is 0 Å². The smallest absolute Gasteiger partial charge is 0.234 e. The molecule has 28 heavy (non-hydrogen) atoms. The van der Waals surface area contributed by atoms with Gasteiger partial charge in [0.25, 0.3) is 0 Å². The van der Waals surface area contributed by atoms with Crippen molar-refractivity contribution in [2.24, 2.45) is 7.05 Å². The number of thiophene rings is 1. The third-order valence-corrected chi connectivity index (χ3v) is 6.50. The first-order chi connectivity index (χ1) is 13.5. The molecule has 10 heteroatoms. The standard InChI is InChI=1S/C18H15ClN6OS2/c1-25-16(15-14(20)10-5-4-8-21-17(10)28-15)23-24-18(25)27-9-13(26)22-12-7-3-2-6-11(12)19/h2-8H,9,20H2,1H3,(H,22,26). The summed E-state index contributed by atoms with van der Waals surface area (Å²) in [6.07, 6.45) is 1.73. The predicted molar refractivity (Wildman–Crippen MR) is 115 cm³/mol. The Morgan fingerprint density at radius 2 is 2.11 bits per heavy atom. The number of benzene rings is 1. The maximum absolute atomic E-state index is 12.2. The van der Waals surface area contributed by atoms with Crippen molar-refractivity contribution in [3.63, 3.8) is 0 Å². The zero-order valence-electron chi connectivity index (χ0n) is 14.7. The molecular formula is C18H15ClN6OS2. The molecule has 3 heterocycles. The number of halogens is 1. The van der Waals surface area contributed by atoms with Crippen LogP contribution in [-0.2, 0) is 11.8 Å². The molecule has 0 aliphatic heterocycles. The van der Waals surface area contributed by atoms with Crippen molar-refractivity contribution in [2.45, 2.75) is 5.16 Å². The summed E-state index contributed by atoms with van der Waals surface area (Å²) in [4.78, 5) is 18.2. The number of fused-ring (bicyclic) bond motifs is 1. The number of thioether (sulfide) groups is 1. The van der Waals surface area contributed by atoms with Gasteiger partial charge < -0.3 is 15.6 Å². The fourth-order valence-electron chi connectivity index (χ4n) is 2.63. The molecule has 0 fully saturated rings. The van der Waals surface area contributed by atoms with Crippen LogP contribution in [0.1, 0.15) is 0 Å². The molecule has 4 aromatic rings. The summed E-state index contributed by atoms with van der Waals surface area (Å²) in [5, 5.41) is 13.3. The molecule has 0 bridgehead atoms. The quantitative estimate of drug-likeness (QED) is 0.463. The zero-order chi connectivity index (χ0) is 19.7. The average molecular weight is 431 g/mol. The second-order valence-electron chi connectivity index (χ2n) is 5.88. The third kappa shape index (κ3) is 3.56. The van der Waals surface area contributed by atoms with Crippen LogP contribution in [0, 0.1) is 0 Å². The van der Waals surface area contributed by atoms with Crippen LogP contribution in [-0.4, -0.2) is 31.4 Å². The molecule has 142 valence electrons. The van der Waals surface area contributed by atoms with Crippen molar-refractivity contribution in [3.05, 3.63) is 47.6 Å². The number of hydrogen-bond donors (Lipinski definition) is 2. The molecule has 0 aliphatic rings. The first-order valence-electron chi connectivity index (χ1n) is 8.24. The first kappa shape index (κ1) is 18.7. The molecule has 0 radical (unpaired) electrons. The number of anilines is 2. The Bertz CT molecular complexity index is 1170. The van der Waals surface area contributed by atoms with Gasteiger partial charge in [-0.25, -0.2) is 4.98 Å². The van der Waals surface area contributed by atoms with Crippen molar-refractivity contribution >= 4 is 62.2 Å². The number of aromatic nitrogens is 4. The zero-order valence-corrected chi connectivity index (χ0v) is 17.1. The predicted octanol–water partition coefficient (Wildman–Crippen LogP) is 4.06. The Morgan fingerprint density at radius 1 is 1.29 bits per heavy atom. The van der Waals surface area contributed by atoms with Crippen LogP contribution in [0.2, 0.25) is 5.02 Å². The van der Waals surface area contributed by atoms with Gasteiger partial charge in [0.2, 0.25) is 5.91 Å². The Balaban J connectivity index is 1.50. The van der Waals surface area contributed by atoms with E-state index >= 15 is 0 Å². The number of rotatable bonds is 5. The van der Waals surface area contributed by atoms with Gasteiger partial charge in [-0.1, -0.05) is 35.5 Å². The van der Waals surface area contributed by atoms with Crippen molar-refractivity contribution < 1.29 is 4.79 Å². The largest absolute Gasteiger partial charge is 0.397 e. The van der Waals surface area contributed by atoms with E-state index in [1.807, 2.05) is 35.9 Å². The van der Waals surface area contributed by atoms with Crippen LogP contribution < -0.4 is 11.1 Å². The molecule has 3 N–H and O–H groups in total. The maximum Gasteiger partial charge on any atom is 0.234 e. The molecule has 1 aromatic carbocycles. The van der Waals surface area contributed by atoms with Gasteiger partial charge in [-0.05, 0) is 24.3 Å². The molecule has 0 aliphatic carbocycles. The van der Waals surface area contributed by atoms with Gasteiger partial charge in [0.1, 0.15) is 4.83 Å². The lowest BCUT2D eigenvalue weighted by Gasteiger charge is -2.06. The maximum atomic E-state index is 12.2. The average Bonchev–Trinajstić information content (AvgIpc) is 3.22. The highest BCUT2D eigenvalue weighted by Crippen LogP contribution is 2.39. The van der Waals surface area contributed by atoms with Gasteiger partial charge in [-0.15, -0.1) is 21.5 Å². The Kier molecular flexibility index (Phi) is 5.21. The van der Waals surface area contributed by atoms with Crippen LogP contribution in [0.15, 0.2) is 47.8 Å². The van der Waals surface area contributed by atoms with E-state index in [1.54, 1.807) is 18.3 Å². The van der Waals surface area contributed by atoms with Gasteiger partial charge in [0.15, 0.2) is 11.0 Å². The number of hydrogen-bond acceptors (Lipinski definition) is 7. The van der Waals surface area contributed by atoms with Crippen molar-refractivity contribution in [1.29, 1.82) is 0 Å². The SMILES string of the molecule is Cn1c(SCC(=O)Nc2ccccc2Cl)nnc1-c1sc2ncccc2c1N. The topological polar surface area (TPSA) is 98.7 Å². The van der Waals surface area contributed by atoms with Gasteiger partial charge in [-0.2, -0.15) is 0 Å². The fraction of sp³-hybridized carbons (Fsp3) is 0.111. The second-order valence-corrected chi connectivity index (χ2v) is 8.23. The van der Waals surface area contributed by atoms with Crippen molar-refractivity contribution in [1.82, 2.24) is 19.7 Å². The van der Waals surface area contributed by atoms with Crippen LogP contribution in [0.25, 0.3) is 20.9 Å². The molecule has 0 saturated heterocycles. The minimum absolute atomic E-state index is 0.173. The molecular weight excluding hydrogens is 416 g/mol. The molecule has 3 aromatic heterocycles. The number of para-hydroxylation sites is 1. The summed E-state index contributed by atoms with van der Waals surface area (Å²) in [5.41, 5.74) is 7.50. The number of nitrogens with zero attached hydrogens (tertiary/aromatic N) is 4. The number of pyridine rings is 1.